The molecule has 31 heavy (non-hydrogen) atoms. The Labute approximate surface area is 176 Å². The number of benzene rings is 2. The second-order valence-electron chi connectivity index (χ2n) is 6.89. The molecule has 6 nitrogen and oxygen atoms in total. The topological polar surface area (TPSA) is 84.7 Å². The minimum absolute atomic E-state index is 0.257. The van der Waals surface area contributed by atoms with Gasteiger partial charge in [0.15, 0.2) is 5.82 Å². The van der Waals surface area contributed by atoms with Gasteiger partial charge >= 0.3 is 6.18 Å². The monoisotopic (exact) mass is 434 g/mol. The van der Waals surface area contributed by atoms with E-state index in [2.05, 4.69) is 9.97 Å². The number of hydrogen-bond acceptors (Lipinski definition) is 6. The van der Waals surface area contributed by atoms with Crippen LogP contribution >= 0.6 is 0 Å². The molecule has 2 unspecified atom stereocenters. The maximum absolute atomic E-state index is 12.7. The van der Waals surface area contributed by atoms with E-state index in [1.54, 1.807) is 44.2 Å². The Morgan fingerprint density at radius 1 is 0.968 bits per heavy atom. The van der Waals surface area contributed by atoms with E-state index in [1.807, 2.05) is 0 Å². The number of nitrogens with zero attached hydrogens (tertiary/aromatic N) is 2. The summed E-state index contributed by atoms with van der Waals surface area (Å²) in [4.78, 5) is 8.71. The second kappa shape index (κ2) is 9.32. The maximum atomic E-state index is 12.7. The van der Waals surface area contributed by atoms with Crippen molar-refractivity contribution in [2.75, 3.05) is 6.61 Å². The minimum atomic E-state index is -4.40. The van der Waals surface area contributed by atoms with Crippen molar-refractivity contribution < 1.29 is 32.9 Å². The van der Waals surface area contributed by atoms with Gasteiger partial charge in [-0.1, -0.05) is 0 Å². The Bertz CT molecular complexity index is 1010. The van der Waals surface area contributed by atoms with Gasteiger partial charge in [0, 0.05) is 17.3 Å². The van der Waals surface area contributed by atoms with E-state index in [9.17, 15) is 18.3 Å². The number of aliphatic hydroxyl groups is 2. The summed E-state index contributed by atoms with van der Waals surface area (Å²) in [6, 6.07) is 12.8. The highest BCUT2D eigenvalue weighted by atomic mass is 19.4. The zero-order valence-electron chi connectivity index (χ0n) is 16.8. The van der Waals surface area contributed by atoms with Gasteiger partial charge < -0.3 is 19.7 Å². The molecule has 2 atom stereocenters. The summed E-state index contributed by atoms with van der Waals surface area (Å²) in [6.07, 6.45) is -6.10. The molecule has 0 amide bonds. The van der Waals surface area contributed by atoms with Crippen molar-refractivity contribution in [1.82, 2.24) is 9.97 Å². The molecule has 3 aromatic rings. The Kier molecular flexibility index (Phi) is 6.77. The Balaban J connectivity index is 1.74. The first-order chi connectivity index (χ1) is 14.7. The summed E-state index contributed by atoms with van der Waals surface area (Å²) in [5.74, 6) is 1.36. The van der Waals surface area contributed by atoms with Gasteiger partial charge in [-0.25, -0.2) is 4.98 Å². The molecule has 0 aliphatic rings. The standard InChI is InChI=1S/C22H21F3N2O4/c1-13-11-20(30-14(2)19(29)12-28)27-21(26-13)15-3-7-17(8-4-15)31-18-9-5-16(6-10-18)22(23,24)25/h3-11,14,19,28-29H,12H2,1-2H3. The molecule has 0 saturated heterocycles. The van der Waals surface area contributed by atoms with E-state index in [0.29, 0.717) is 22.8 Å². The number of aliphatic hydroxyl groups excluding tert-OH is 2. The molecule has 9 heteroatoms. The molecule has 0 fully saturated rings. The van der Waals surface area contributed by atoms with E-state index in [1.165, 1.54) is 12.1 Å². The number of aryl methyl sites for hydroxylation is 1. The fourth-order valence-electron chi connectivity index (χ4n) is 2.67. The molecule has 0 radical (unpaired) electrons. The van der Waals surface area contributed by atoms with Gasteiger partial charge in [0.2, 0.25) is 5.88 Å². The fraction of sp³-hybridized carbons (Fsp3) is 0.273. The van der Waals surface area contributed by atoms with Crippen molar-refractivity contribution in [1.29, 1.82) is 0 Å². The molecule has 1 aromatic heterocycles. The Hall–Kier alpha value is -3.17. The van der Waals surface area contributed by atoms with Crippen LogP contribution in [0.5, 0.6) is 17.4 Å². The summed E-state index contributed by atoms with van der Waals surface area (Å²) >= 11 is 0. The molecule has 0 bridgehead atoms. The first-order valence-electron chi connectivity index (χ1n) is 9.42. The number of alkyl halides is 3. The lowest BCUT2D eigenvalue weighted by Gasteiger charge is -2.18. The van der Waals surface area contributed by atoms with Crippen LogP contribution in [-0.2, 0) is 6.18 Å². The predicted octanol–water partition coefficient (Wildman–Crippen LogP) is 4.38. The number of ether oxygens (including phenoxy) is 2. The lowest BCUT2D eigenvalue weighted by atomic mass is 10.2. The second-order valence-corrected chi connectivity index (χ2v) is 6.89. The molecular weight excluding hydrogens is 413 g/mol. The molecule has 1 heterocycles. The maximum Gasteiger partial charge on any atom is 0.416 e. The summed E-state index contributed by atoms with van der Waals surface area (Å²) in [7, 11) is 0. The smallest absolute Gasteiger partial charge is 0.416 e. The Morgan fingerprint density at radius 3 is 2.10 bits per heavy atom. The average molecular weight is 434 g/mol. The molecule has 164 valence electrons. The van der Waals surface area contributed by atoms with E-state index < -0.39 is 30.6 Å². The van der Waals surface area contributed by atoms with Crippen LogP contribution in [-0.4, -0.2) is 39.0 Å². The number of rotatable bonds is 7. The van der Waals surface area contributed by atoms with E-state index >= 15 is 0 Å². The SMILES string of the molecule is Cc1cc(OC(C)C(O)CO)nc(-c2ccc(Oc3ccc(C(F)(F)F)cc3)cc2)n1. The van der Waals surface area contributed by atoms with Gasteiger partial charge in [-0.05, 0) is 62.4 Å². The molecule has 0 aliphatic heterocycles. The van der Waals surface area contributed by atoms with Crippen LogP contribution in [0.2, 0.25) is 0 Å². The quantitative estimate of drug-likeness (QED) is 0.574. The lowest BCUT2D eigenvalue weighted by Crippen LogP contribution is -2.32. The molecule has 2 aromatic carbocycles. The largest absolute Gasteiger partial charge is 0.472 e. The van der Waals surface area contributed by atoms with E-state index in [4.69, 9.17) is 14.6 Å². The Morgan fingerprint density at radius 2 is 1.55 bits per heavy atom. The van der Waals surface area contributed by atoms with Gasteiger partial charge in [0.1, 0.15) is 23.7 Å². The average Bonchev–Trinajstić information content (AvgIpc) is 2.73. The van der Waals surface area contributed by atoms with Crippen LogP contribution in [0.3, 0.4) is 0 Å². The third-order valence-corrected chi connectivity index (χ3v) is 4.40. The number of aromatic nitrogens is 2. The van der Waals surface area contributed by atoms with Crippen LogP contribution in [0.25, 0.3) is 11.4 Å². The zero-order valence-corrected chi connectivity index (χ0v) is 16.8. The third-order valence-electron chi connectivity index (χ3n) is 4.40. The lowest BCUT2D eigenvalue weighted by molar-refractivity contribution is -0.137. The van der Waals surface area contributed by atoms with Crippen LogP contribution in [0.4, 0.5) is 13.2 Å². The number of hydrogen-bond donors (Lipinski definition) is 2. The summed E-state index contributed by atoms with van der Waals surface area (Å²) in [5, 5.41) is 18.7. The highest BCUT2D eigenvalue weighted by Gasteiger charge is 2.30. The first kappa shape index (κ1) is 22.5. The van der Waals surface area contributed by atoms with Crippen molar-refractivity contribution in [3.63, 3.8) is 0 Å². The van der Waals surface area contributed by atoms with E-state index in [-0.39, 0.29) is 11.6 Å². The van der Waals surface area contributed by atoms with Crippen LogP contribution < -0.4 is 9.47 Å². The molecule has 2 N–H and O–H groups in total. The molecular formula is C22H21F3N2O4. The summed E-state index contributed by atoms with van der Waals surface area (Å²) < 4.78 is 49.1. The van der Waals surface area contributed by atoms with Crippen molar-refractivity contribution in [3.8, 4) is 28.8 Å². The normalized spacial score (nSPS) is 13.5. The molecule has 0 aliphatic carbocycles. The summed E-state index contributed by atoms with van der Waals surface area (Å²) in [6.45, 7) is 2.96. The fourth-order valence-corrected chi connectivity index (χ4v) is 2.67. The van der Waals surface area contributed by atoms with Gasteiger partial charge in [-0.15, -0.1) is 0 Å². The van der Waals surface area contributed by atoms with Gasteiger partial charge in [-0.2, -0.15) is 18.2 Å². The highest BCUT2D eigenvalue weighted by molar-refractivity contribution is 5.57. The highest BCUT2D eigenvalue weighted by Crippen LogP contribution is 2.32. The van der Waals surface area contributed by atoms with Crippen LogP contribution in [0.15, 0.2) is 54.6 Å². The van der Waals surface area contributed by atoms with E-state index in [0.717, 1.165) is 12.1 Å². The molecule has 3 rings (SSSR count). The van der Waals surface area contributed by atoms with Crippen LogP contribution in [0.1, 0.15) is 18.2 Å². The van der Waals surface area contributed by atoms with Gasteiger partial charge in [0.25, 0.3) is 0 Å². The van der Waals surface area contributed by atoms with Crippen molar-refractivity contribution in [2.45, 2.75) is 32.2 Å². The third kappa shape index (κ3) is 5.93. The van der Waals surface area contributed by atoms with Crippen molar-refractivity contribution in [2.24, 2.45) is 0 Å². The summed E-state index contributed by atoms with van der Waals surface area (Å²) in [5.41, 5.74) is 0.574. The van der Waals surface area contributed by atoms with Crippen molar-refractivity contribution in [3.05, 3.63) is 65.9 Å². The number of halogens is 3. The molecule has 0 spiro atoms. The van der Waals surface area contributed by atoms with Crippen LogP contribution in [0, 0.1) is 6.92 Å². The zero-order chi connectivity index (χ0) is 22.6. The van der Waals surface area contributed by atoms with Gasteiger partial charge in [-0.3, -0.25) is 0 Å². The van der Waals surface area contributed by atoms with Crippen molar-refractivity contribution >= 4 is 0 Å². The van der Waals surface area contributed by atoms with Gasteiger partial charge in [0.05, 0.1) is 12.2 Å². The molecule has 0 saturated carbocycles. The minimum Gasteiger partial charge on any atom is -0.472 e. The predicted molar refractivity (Wildman–Crippen MR) is 107 cm³/mol. The first-order valence-corrected chi connectivity index (χ1v) is 9.42.